The van der Waals surface area contributed by atoms with E-state index in [1.807, 2.05) is 0 Å². The third-order valence-electron chi connectivity index (χ3n) is 4.72. The summed E-state index contributed by atoms with van der Waals surface area (Å²) in [6.45, 7) is 1.59. The second-order valence-corrected chi connectivity index (χ2v) is 6.80. The number of aliphatic hydroxyl groups is 1. The number of rotatable bonds is 6. The number of nitrogens with one attached hydrogen (secondary N) is 3. The van der Waals surface area contributed by atoms with Crippen molar-refractivity contribution in [3.05, 3.63) is 57.1 Å². The van der Waals surface area contributed by atoms with Gasteiger partial charge in [-0.15, -0.1) is 0 Å². The van der Waals surface area contributed by atoms with Gasteiger partial charge in [-0.05, 0) is 37.5 Å². The normalized spacial score (nSPS) is 17.9. The van der Waals surface area contributed by atoms with Crippen molar-refractivity contribution in [1.29, 1.82) is 5.41 Å². The van der Waals surface area contributed by atoms with Crippen LogP contribution >= 0.6 is 0 Å². The topological polar surface area (TPSA) is 111 Å². The van der Waals surface area contributed by atoms with Gasteiger partial charge in [-0.1, -0.05) is 12.1 Å². The number of nitrogens with zero attached hydrogens (tertiary/aromatic N) is 1. The predicted molar refractivity (Wildman–Crippen MR) is 100 cm³/mol. The van der Waals surface area contributed by atoms with Gasteiger partial charge in [0.15, 0.2) is 0 Å². The second kappa shape index (κ2) is 8.34. The van der Waals surface area contributed by atoms with Crippen LogP contribution < -0.4 is 10.9 Å². The van der Waals surface area contributed by atoms with Crippen molar-refractivity contribution in [2.45, 2.75) is 38.1 Å². The van der Waals surface area contributed by atoms with Crippen molar-refractivity contribution < 1.29 is 23.0 Å². The zero-order valence-corrected chi connectivity index (χ0v) is 15.6. The summed E-state index contributed by atoms with van der Waals surface area (Å²) in [5, 5.41) is 20.2. The Balaban J connectivity index is 1.93. The summed E-state index contributed by atoms with van der Waals surface area (Å²) in [4.78, 5) is 19.5. The third-order valence-corrected chi connectivity index (χ3v) is 4.72. The summed E-state index contributed by atoms with van der Waals surface area (Å²) in [6, 6.07) is 4.13. The van der Waals surface area contributed by atoms with Crippen LogP contribution in [0.3, 0.4) is 0 Å². The summed E-state index contributed by atoms with van der Waals surface area (Å²) >= 11 is 0. The molecule has 10 heteroatoms. The molecule has 4 N–H and O–H groups in total. The van der Waals surface area contributed by atoms with E-state index in [0.717, 1.165) is 18.6 Å². The molecule has 29 heavy (non-hydrogen) atoms. The highest BCUT2D eigenvalue weighted by molar-refractivity contribution is 6.02. The molecule has 0 amide bonds. The maximum atomic E-state index is 12.8. The number of hydrogen-bond acceptors (Lipinski definition) is 6. The van der Waals surface area contributed by atoms with Crippen LogP contribution in [-0.4, -0.2) is 34.0 Å². The van der Waals surface area contributed by atoms with Gasteiger partial charge in [-0.25, -0.2) is 4.98 Å². The lowest BCUT2D eigenvalue weighted by Crippen LogP contribution is -2.27. The van der Waals surface area contributed by atoms with Crippen molar-refractivity contribution in [2.24, 2.45) is 0 Å². The van der Waals surface area contributed by atoms with Gasteiger partial charge in [0.05, 0.1) is 17.9 Å². The molecule has 1 aromatic carbocycles. The molecule has 0 radical (unpaired) electrons. The van der Waals surface area contributed by atoms with E-state index in [-0.39, 0.29) is 23.2 Å². The molecule has 1 aliphatic rings. The Morgan fingerprint density at radius 3 is 2.66 bits per heavy atom. The van der Waals surface area contributed by atoms with E-state index >= 15 is 0 Å². The van der Waals surface area contributed by atoms with Crippen LogP contribution in [0.25, 0.3) is 0 Å². The molecule has 0 aliphatic carbocycles. The van der Waals surface area contributed by atoms with E-state index in [0.29, 0.717) is 24.4 Å². The number of H-pyrrole nitrogens is 1. The predicted octanol–water partition coefficient (Wildman–Crippen LogP) is 3.17. The van der Waals surface area contributed by atoms with E-state index in [4.69, 9.17) is 10.1 Å². The van der Waals surface area contributed by atoms with Crippen LogP contribution in [0, 0.1) is 5.41 Å². The Morgan fingerprint density at radius 1 is 1.41 bits per heavy atom. The number of anilines is 1. The minimum Gasteiger partial charge on any atom is -0.390 e. The van der Waals surface area contributed by atoms with Gasteiger partial charge in [0, 0.05) is 12.6 Å². The second-order valence-electron chi connectivity index (χ2n) is 6.80. The Hall–Kier alpha value is -2.72. The lowest BCUT2D eigenvalue weighted by atomic mass is 10.1. The molecule has 3 rings (SSSR count). The van der Waals surface area contributed by atoms with Gasteiger partial charge in [-0.3, -0.25) is 4.79 Å². The average Bonchev–Trinajstić information content (AvgIpc) is 3.21. The molecule has 0 bridgehead atoms. The molecule has 7 nitrogen and oxygen atoms in total. The van der Waals surface area contributed by atoms with E-state index < -0.39 is 29.9 Å². The van der Waals surface area contributed by atoms with Gasteiger partial charge >= 0.3 is 6.18 Å². The number of benzene rings is 1. The maximum absolute atomic E-state index is 12.8. The number of aliphatic hydroxyl groups excluding tert-OH is 1. The average molecular weight is 410 g/mol. The molecule has 2 aromatic rings. The maximum Gasteiger partial charge on any atom is 0.416 e. The zero-order valence-electron chi connectivity index (χ0n) is 15.6. The molecule has 2 heterocycles. The van der Waals surface area contributed by atoms with E-state index in [1.165, 1.54) is 12.1 Å². The van der Waals surface area contributed by atoms with Crippen molar-refractivity contribution in [3.8, 4) is 0 Å². The minimum atomic E-state index is -4.43. The fourth-order valence-electron chi connectivity index (χ4n) is 3.15. The van der Waals surface area contributed by atoms with E-state index in [9.17, 15) is 23.1 Å². The number of halogens is 3. The van der Waals surface area contributed by atoms with E-state index in [1.54, 1.807) is 6.92 Å². The fraction of sp³-hybridized carbons (Fsp3) is 0.421. The first kappa shape index (κ1) is 21.0. The summed E-state index contributed by atoms with van der Waals surface area (Å²) < 4.78 is 43.8. The Morgan fingerprint density at radius 2 is 2.10 bits per heavy atom. The molecule has 156 valence electrons. The Bertz CT molecular complexity index is 935. The third kappa shape index (κ3) is 4.65. The first-order valence-corrected chi connectivity index (χ1v) is 9.09. The molecular formula is C19H21F3N4O3. The van der Waals surface area contributed by atoms with Crippen LogP contribution in [-0.2, 0) is 10.9 Å². The quantitative estimate of drug-likeness (QED) is 0.547. The molecule has 1 saturated heterocycles. The lowest BCUT2D eigenvalue weighted by Gasteiger charge is -2.19. The van der Waals surface area contributed by atoms with Gasteiger partial charge < -0.3 is 25.6 Å². The standard InChI is InChI=1S/C19H21F3N4O3/c1-10(11-4-6-12(7-5-11)19(20,21)22)24-17-15(13(23)9-27)18(28)26-16(25-17)14-3-2-8-29-14/h4-7,10,14,23,27H,2-3,8-9H2,1H3,(H2,24,25,26,28). The first-order valence-electron chi connectivity index (χ1n) is 9.09. The summed E-state index contributed by atoms with van der Waals surface area (Å²) in [6.07, 6.45) is -3.29. The van der Waals surface area contributed by atoms with Crippen LogP contribution in [0.4, 0.5) is 19.0 Å². The number of aromatic amines is 1. The summed E-state index contributed by atoms with van der Waals surface area (Å²) in [7, 11) is 0. The molecule has 1 aromatic heterocycles. The van der Waals surface area contributed by atoms with Crippen LogP contribution in [0.5, 0.6) is 0 Å². The molecule has 1 fully saturated rings. The number of ether oxygens (including phenoxy) is 1. The Labute approximate surface area is 164 Å². The smallest absolute Gasteiger partial charge is 0.390 e. The van der Waals surface area contributed by atoms with Crippen molar-refractivity contribution in [2.75, 3.05) is 18.5 Å². The van der Waals surface area contributed by atoms with Gasteiger partial charge in [0.25, 0.3) is 5.56 Å². The van der Waals surface area contributed by atoms with Crippen LogP contribution in [0.15, 0.2) is 29.1 Å². The van der Waals surface area contributed by atoms with Gasteiger partial charge in [-0.2, -0.15) is 13.2 Å². The van der Waals surface area contributed by atoms with Crippen LogP contribution in [0.1, 0.15) is 54.4 Å². The molecule has 0 saturated carbocycles. The molecule has 0 spiro atoms. The number of alkyl halides is 3. The molecule has 2 atom stereocenters. The summed E-state index contributed by atoms with van der Waals surface area (Å²) in [5.74, 6) is 0.384. The van der Waals surface area contributed by atoms with Crippen molar-refractivity contribution >= 4 is 11.5 Å². The van der Waals surface area contributed by atoms with E-state index in [2.05, 4.69) is 15.3 Å². The first-order chi connectivity index (χ1) is 13.7. The van der Waals surface area contributed by atoms with Gasteiger partial charge in [0.2, 0.25) is 0 Å². The Kier molecular flexibility index (Phi) is 6.04. The largest absolute Gasteiger partial charge is 0.416 e. The highest BCUT2D eigenvalue weighted by Crippen LogP contribution is 2.31. The van der Waals surface area contributed by atoms with Gasteiger partial charge in [0.1, 0.15) is 23.3 Å². The fourth-order valence-corrected chi connectivity index (χ4v) is 3.15. The highest BCUT2D eigenvalue weighted by Gasteiger charge is 2.30. The minimum absolute atomic E-state index is 0.0747. The lowest BCUT2D eigenvalue weighted by molar-refractivity contribution is -0.137. The highest BCUT2D eigenvalue weighted by atomic mass is 19.4. The van der Waals surface area contributed by atoms with Crippen molar-refractivity contribution in [1.82, 2.24) is 9.97 Å². The molecular weight excluding hydrogens is 389 g/mol. The molecule has 2 unspecified atom stereocenters. The number of hydrogen-bond donors (Lipinski definition) is 4. The SMILES string of the molecule is CC(Nc1nc(C2CCCO2)[nH]c(=O)c1C(=N)CO)c1ccc(C(F)(F)F)cc1. The van der Waals surface area contributed by atoms with Crippen LogP contribution in [0.2, 0.25) is 0 Å². The van der Waals surface area contributed by atoms with Crippen molar-refractivity contribution in [3.63, 3.8) is 0 Å². The number of aromatic nitrogens is 2. The monoisotopic (exact) mass is 410 g/mol. The molecule has 1 aliphatic heterocycles. The zero-order chi connectivity index (χ0) is 21.2. The summed E-state index contributed by atoms with van der Waals surface area (Å²) in [5.41, 5.74) is -1.24.